The number of hydrogen-bond acceptors (Lipinski definition) is 2. The van der Waals surface area contributed by atoms with Gasteiger partial charge in [0, 0.05) is 5.92 Å². The molecule has 0 fully saturated rings. The van der Waals surface area contributed by atoms with Crippen molar-refractivity contribution in [2.75, 3.05) is 6.54 Å². The Labute approximate surface area is 62.8 Å². The third kappa shape index (κ3) is 4.50. The number of hydrogen-bond donors (Lipinski definition) is 1. The predicted octanol–water partition coefficient (Wildman–Crippen LogP) is 1.34. The van der Waals surface area contributed by atoms with Gasteiger partial charge in [0.1, 0.15) is 6.29 Å². The average molecular weight is 143 g/mol. The Morgan fingerprint density at radius 3 is 2.60 bits per heavy atom. The first-order chi connectivity index (χ1) is 4.85. The van der Waals surface area contributed by atoms with E-state index >= 15 is 0 Å². The monoisotopic (exact) mass is 143 g/mol. The van der Waals surface area contributed by atoms with Crippen LogP contribution in [-0.4, -0.2) is 12.8 Å². The molecule has 0 aromatic carbocycles. The SMILES string of the molecule is CCCCC(C=O)CCN. The molecule has 0 aliphatic rings. The summed E-state index contributed by atoms with van der Waals surface area (Å²) in [6.07, 6.45) is 5.20. The topological polar surface area (TPSA) is 43.1 Å². The molecule has 0 saturated carbocycles. The number of rotatable bonds is 6. The van der Waals surface area contributed by atoms with Crippen LogP contribution >= 0.6 is 0 Å². The summed E-state index contributed by atoms with van der Waals surface area (Å²) in [7, 11) is 0. The summed E-state index contributed by atoms with van der Waals surface area (Å²) in [5.74, 6) is 0.213. The molecule has 0 aromatic rings. The number of nitrogens with two attached hydrogens (primary N) is 1. The maximum absolute atomic E-state index is 10.3. The lowest BCUT2D eigenvalue weighted by Gasteiger charge is -2.05. The van der Waals surface area contributed by atoms with Crippen LogP contribution in [-0.2, 0) is 4.79 Å². The highest BCUT2D eigenvalue weighted by atomic mass is 16.1. The summed E-state index contributed by atoms with van der Waals surface area (Å²) in [5.41, 5.74) is 5.32. The van der Waals surface area contributed by atoms with Gasteiger partial charge in [-0.3, -0.25) is 0 Å². The fraction of sp³-hybridized carbons (Fsp3) is 0.875. The van der Waals surface area contributed by atoms with Crippen LogP contribution in [0.5, 0.6) is 0 Å². The van der Waals surface area contributed by atoms with Crippen molar-refractivity contribution < 1.29 is 4.79 Å². The lowest BCUT2D eigenvalue weighted by atomic mass is 10.0. The van der Waals surface area contributed by atoms with Crippen LogP contribution in [0.4, 0.5) is 0 Å². The van der Waals surface area contributed by atoms with Gasteiger partial charge in [0.15, 0.2) is 0 Å². The maximum atomic E-state index is 10.3. The molecule has 0 aliphatic carbocycles. The number of carbonyl (C=O) groups excluding carboxylic acids is 1. The van der Waals surface area contributed by atoms with Gasteiger partial charge in [-0.2, -0.15) is 0 Å². The van der Waals surface area contributed by atoms with Gasteiger partial charge in [-0.1, -0.05) is 19.8 Å². The van der Waals surface area contributed by atoms with Crippen molar-refractivity contribution in [3.05, 3.63) is 0 Å². The summed E-state index contributed by atoms with van der Waals surface area (Å²) in [4.78, 5) is 10.3. The van der Waals surface area contributed by atoms with E-state index in [1.54, 1.807) is 0 Å². The van der Waals surface area contributed by atoms with Crippen molar-refractivity contribution in [2.24, 2.45) is 11.7 Å². The van der Waals surface area contributed by atoms with Crippen molar-refractivity contribution in [2.45, 2.75) is 32.6 Å². The van der Waals surface area contributed by atoms with Crippen LogP contribution in [0.3, 0.4) is 0 Å². The van der Waals surface area contributed by atoms with Gasteiger partial charge in [-0.25, -0.2) is 0 Å². The van der Waals surface area contributed by atoms with E-state index in [0.717, 1.165) is 32.0 Å². The highest BCUT2D eigenvalue weighted by Gasteiger charge is 2.03. The second-order valence-electron chi connectivity index (χ2n) is 2.62. The standard InChI is InChI=1S/C8H17NO/c1-2-3-4-8(7-10)5-6-9/h7-8H,2-6,9H2,1H3. The Morgan fingerprint density at radius 2 is 2.20 bits per heavy atom. The Hall–Kier alpha value is -0.370. The molecule has 0 bridgehead atoms. The second-order valence-corrected chi connectivity index (χ2v) is 2.62. The summed E-state index contributed by atoms with van der Waals surface area (Å²) < 4.78 is 0. The molecule has 0 spiro atoms. The van der Waals surface area contributed by atoms with E-state index < -0.39 is 0 Å². The van der Waals surface area contributed by atoms with Crippen LogP contribution in [0.2, 0.25) is 0 Å². The fourth-order valence-electron chi connectivity index (χ4n) is 0.961. The van der Waals surface area contributed by atoms with Crippen LogP contribution in [0, 0.1) is 5.92 Å². The normalized spacial score (nSPS) is 13.0. The van der Waals surface area contributed by atoms with Crippen molar-refractivity contribution in [3.8, 4) is 0 Å². The summed E-state index contributed by atoms with van der Waals surface area (Å²) in [6.45, 7) is 2.76. The maximum Gasteiger partial charge on any atom is 0.123 e. The van der Waals surface area contributed by atoms with Gasteiger partial charge in [0.2, 0.25) is 0 Å². The summed E-state index contributed by atoms with van der Waals surface area (Å²) in [5, 5.41) is 0. The first-order valence-corrected chi connectivity index (χ1v) is 4.00. The molecule has 60 valence electrons. The van der Waals surface area contributed by atoms with E-state index in [9.17, 15) is 4.79 Å². The molecule has 2 heteroatoms. The van der Waals surface area contributed by atoms with Gasteiger partial charge in [-0.05, 0) is 19.4 Å². The Balaban J connectivity index is 3.29. The quantitative estimate of drug-likeness (QED) is 0.570. The number of aldehydes is 1. The number of carbonyl (C=O) groups is 1. The predicted molar refractivity (Wildman–Crippen MR) is 42.8 cm³/mol. The minimum Gasteiger partial charge on any atom is -0.330 e. The van der Waals surface area contributed by atoms with E-state index in [4.69, 9.17) is 5.73 Å². The summed E-state index contributed by atoms with van der Waals surface area (Å²) >= 11 is 0. The zero-order valence-electron chi connectivity index (χ0n) is 6.68. The molecule has 10 heavy (non-hydrogen) atoms. The van der Waals surface area contributed by atoms with Crippen LogP contribution in [0.15, 0.2) is 0 Å². The van der Waals surface area contributed by atoms with Gasteiger partial charge in [-0.15, -0.1) is 0 Å². The van der Waals surface area contributed by atoms with Gasteiger partial charge in [0.05, 0.1) is 0 Å². The van der Waals surface area contributed by atoms with E-state index in [0.29, 0.717) is 6.54 Å². The van der Waals surface area contributed by atoms with Crippen molar-refractivity contribution in [1.29, 1.82) is 0 Å². The fourth-order valence-corrected chi connectivity index (χ4v) is 0.961. The Kier molecular flexibility index (Phi) is 6.50. The van der Waals surface area contributed by atoms with Crippen LogP contribution < -0.4 is 5.73 Å². The van der Waals surface area contributed by atoms with Crippen LogP contribution in [0.1, 0.15) is 32.6 Å². The average Bonchev–Trinajstić information content (AvgIpc) is 1.98. The van der Waals surface area contributed by atoms with Gasteiger partial charge >= 0.3 is 0 Å². The molecule has 0 heterocycles. The highest BCUT2D eigenvalue weighted by molar-refractivity contribution is 5.53. The zero-order valence-corrected chi connectivity index (χ0v) is 6.68. The van der Waals surface area contributed by atoms with E-state index in [2.05, 4.69) is 6.92 Å². The first-order valence-electron chi connectivity index (χ1n) is 4.00. The van der Waals surface area contributed by atoms with Crippen molar-refractivity contribution in [1.82, 2.24) is 0 Å². The van der Waals surface area contributed by atoms with E-state index in [1.807, 2.05) is 0 Å². The third-order valence-electron chi connectivity index (χ3n) is 1.66. The lowest BCUT2D eigenvalue weighted by Crippen LogP contribution is -2.09. The highest BCUT2D eigenvalue weighted by Crippen LogP contribution is 2.08. The first kappa shape index (κ1) is 9.63. The molecular formula is C8H17NO. The van der Waals surface area contributed by atoms with E-state index in [-0.39, 0.29) is 5.92 Å². The number of unbranched alkanes of at least 4 members (excludes halogenated alkanes) is 1. The Morgan fingerprint density at radius 1 is 1.50 bits per heavy atom. The molecular weight excluding hydrogens is 126 g/mol. The molecule has 0 aromatic heterocycles. The molecule has 0 radical (unpaired) electrons. The third-order valence-corrected chi connectivity index (χ3v) is 1.66. The smallest absolute Gasteiger partial charge is 0.123 e. The largest absolute Gasteiger partial charge is 0.330 e. The van der Waals surface area contributed by atoms with Gasteiger partial charge in [0.25, 0.3) is 0 Å². The second kappa shape index (κ2) is 6.75. The minimum absolute atomic E-state index is 0.213. The minimum atomic E-state index is 0.213. The molecule has 0 rings (SSSR count). The lowest BCUT2D eigenvalue weighted by molar-refractivity contribution is -0.111. The molecule has 0 aliphatic heterocycles. The molecule has 1 unspecified atom stereocenters. The summed E-state index contributed by atoms with van der Waals surface area (Å²) in [6, 6.07) is 0. The van der Waals surface area contributed by atoms with Crippen LogP contribution in [0.25, 0.3) is 0 Å². The molecule has 1 atom stereocenters. The zero-order chi connectivity index (χ0) is 7.82. The van der Waals surface area contributed by atoms with Gasteiger partial charge < -0.3 is 10.5 Å². The molecule has 0 saturated heterocycles. The molecule has 0 amide bonds. The molecule has 2 N–H and O–H groups in total. The van der Waals surface area contributed by atoms with E-state index in [1.165, 1.54) is 0 Å². The van der Waals surface area contributed by atoms with Crippen molar-refractivity contribution >= 4 is 6.29 Å². The Bertz CT molecular complexity index is 83.3. The van der Waals surface area contributed by atoms with Crippen molar-refractivity contribution in [3.63, 3.8) is 0 Å². The molecule has 2 nitrogen and oxygen atoms in total.